The van der Waals surface area contributed by atoms with E-state index >= 15 is 0 Å². The number of aromatic nitrogens is 2. The molecule has 0 bridgehead atoms. The number of carbonyl (C=O) groups excluding carboxylic acids is 2. The fraction of sp³-hybridized carbons (Fsp3) is 0.227. The number of amides is 1. The van der Waals surface area contributed by atoms with E-state index in [0.717, 1.165) is 17.0 Å². The maximum atomic E-state index is 12.0. The number of anilines is 1. The molecule has 1 N–H and O–H groups in total. The second-order valence-corrected chi connectivity index (χ2v) is 6.68. The van der Waals surface area contributed by atoms with Gasteiger partial charge >= 0.3 is 5.97 Å². The molecule has 0 aliphatic heterocycles. The predicted octanol–water partition coefficient (Wildman–Crippen LogP) is 3.59. The van der Waals surface area contributed by atoms with E-state index in [9.17, 15) is 9.59 Å². The molecule has 3 rings (SSSR count). The van der Waals surface area contributed by atoms with Crippen LogP contribution in [0.4, 0.5) is 5.69 Å². The summed E-state index contributed by atoms with van der Waals surface area (Å²) in [6.45, 7) is 5.29. The Morgan fingerprint density at radius 2 is 2.00 bits per heavy atom. The number of nitrogens with one attached hydrogen (secondary N) is 1. The van der Waals surface area contributed by atoms with Crippen molar-refractivity contribution in [3.63, 3.8) is 0 Å². The maximum Gasteiger partial charge on any atom is 0.331 e. The molecule has 30 heavy (non-hydrogen) atoms. The first kappa shape index (κ1) is 20.9. The van der Waals surface area contributed by atoms with Gasteiger partial charge in [-0.2, -0.15) is 0 Å². The third kappa shape index (κ3) is 4.96. The van der Waals surface area contributed by atoms with Crippen LogP contribution < -0.4 is 10.1 Å². The normalized spacial score (nSPS) is 10.9. The second-order valence-electron chi connectivity index (χ2n) is 6.68. The molecule has 0 saturated heterocycles. The van der Waals surface area contributed by atoms with Gasteiger partial charge in [0.25, 0.3) is 5.91 Å². The van der Waals surface area contributed by atoms with Gasteiger partial charge in [0, 0.05) is 35.3 Å². The molecule has 8 heteroatoms. The summed E-state index contributed by atoms with van der Waals surface area (Å²) in [6, 6.07) is 10.7. The molecule has 0 saturated carbocycles. The number of carbonyl (C=O) groups is 2. The van der Waals surface area contributed by atoms with Crippen LogP contribution in [0.25, 0.3) is 11.9 Å². The van der Waals surface area contributed by atoms with E-state index in [2.05, 4.69) is 10.5 Å². The van der Waals surface area contributed by atoms with Crippen LogP contribution in [-0.2, 0) is 14.3 Å². The van der Waals surface area contributed by atoms with Gasteiger partial charge in [0.2, 0.25) is 0 Å². The molecule has 0 radical (unpaired) electrons. The number of rotatable bonds is 7. The summed E-state index contributed by atoms with van der Waals surface area (Å²) in [7, 11) is 1.54. The van der Waals surface area contributed by atoms with Gasteiger partial charge in [-0.15, -0.1) is 0 Å². The third-order valence-electron chi connectivity index (χ3n) is 4.41. The largest absolute Gasteiger partial charge is 0.497 e. The van der Waals surface area contributed by atoms with Gasteiger partial charge in [0.15, 0.2) is 12.4 Å². The monoisotopic (exact) mass is 409 g/mol. The highest BCUT2D eigenvalue weighted by atomic mass is 16.5. The molecule has 0 unspecified atom stereocenters. The first-order valence-electron chi connectivity index (χ1n) is 9.28. The molecule has 3 aromatic rings. The van der Waals surface area contributed by atoms with Crippen LogP contribution in [-0.4, -0.2) is 35.3 Å². The number of nitrogens with zero attached hydrogens (tertiary/aromatic N) is 2. The average Bonchev–Trinajstić information content (AvgIpc) is 3.26. The Bertz CT molecular complexity index is 1090. The summed E-state index contributed by atoms with van der Waals surface area (Å²) in [4.78, 5) is 24.0. The fourth-order valence-corrected chi connectivity index (χ4v) is 3.01. The lowest BCUT2D eigenvalue weighted by Crippen LogP contribution is -2.20. The molecule has 1 amide bonds. The average molecular weight is 409 g/mol. The zero-order valence-corrected chi connectivity index (χ0v) is 17.3. The van der Waals surface area contributed by atoms with E-state index in [1.807, 2.05) is 37.5 Å². The van der Waals surface area contributed by atoms with Crippen molar-refractivity contribution in [1.29, 1.82) is 0 Å². The number of esters is 1. The van der Waals surface area contributed by atoms with Gasteiger partial charge in [0.1, 0.15) is 11.5 Å². The van der Waals surface area contributed by atoms with Crippen molar-refractivity contribution in [3.05, 3.63) is 65.2 Å². The van der Waals surface area contributed by atoms with Crippen molar-refractivity contribution < 1.29 is 23.6 Å². The summed E-state index contributed by atoms with van der Waals surface area (Å²) in [6.07, 6.45) is 2.94. The van der Waals surface area contributed by atoms with Crippen LogP contribution in [0.5, 0.6) is 5.75 Å². The van der Waals surface area contributed by atoms with Crippen molar-refractivity contribution in [3.8, 4) is 11.6 Å². The summed E-state index contributed by atoms with van der Waals surface area (Å²) < 4.78 is 17.2. The minimum absolute atomic E-state index is 0.391. The standard InChI is InChI=1S/C22H23N3O5/c1-14-10-17(16(3)25(14)20-11-15(2)30-24-20)8-9-22(27)29-13-21(26)23-18-6-5-7-19(12-18)28-4/h5-12H,13H2,1-4H3,(H,23,26)/b9-8+. The van der Waals surface area contributed by atoms with Crippen molar-refractivity contribution in [2.75, 3.05) is 19.0 Å². The van der Waals surface area contributed by atoms with E-state index in [-0.39, 0.29) is 0 Å². The van der Waals surface area contributed by atoms with Gasteiger partial charge in [-0.3, -0.25) is 9.36 Å². The molecule has 0 aliphatic rings. The van der Waals surface area contributed by atoms with Gasteiger partial charge in [0.05, 0.1) is 7.11 Å². The molecule has 8 nitrogen and oxygen atoms in total. The van der Waals surface area contributed by atoms with Crippen molar-refractivity contribution in [1.82, 2.24) is 9.72 Å². The molecular formula is C22H23N3O5. The predicted molar refractivity (Wildman–Crippen MR) is 112 cm³/mol. The molecule has 2 heterocycles. The lowest BCUT2D eigenvalue weighted by molar-refractivity contribution is -0.142. The molecular weight excluding hydrogens is 386 g/mol. The van der Waals surface area contributed by atoms with E-state index in [1.165, 1.54) is 6.08 Å². The van der Waals surface area contributed by atoms with Gasteiger partial charge in [-0.25, -0.2) is 4.79 Å². The first-order valence-corrected chi connectivity index (χ1v) is 9.28. The van der Waals surface area contributed by atoms with Crippen LogP contribution in [0, 0.1) is 20.8 Å². The highest BCUT2D eigenvalue weighted by molar-refractivity contribution is 5.94. The van der Waals surface area contributed by atoms with E-state index in [1.54, 1.807) is 37.5 Å². The molecule has 0 atom stereocenters. The number of ether oxygens (including phenoxy) is 2. The van der Waals surface area contributed by atoms with Crippen LogP contribution in [0.3, 0.4) is 0 Å². The Hall–Kier alpha value is -3.81. The fourth-order valence-electron chi connectivity index (χ4n) is 3.01. The summed E-state index contributed by atoms with van der Waals surface area (Å²) in [5.74, 6) is 0.956. The third-order valence-corrected chi connectivity index (χ3v) is 4.41. The molecule has 0 fully saturated rings. The molecule has 0 spiro atoms. The highest BCUT2D eigenvalue weighted by Crippen LogP contribution is 2.21. The van der Waals surface area contributed by atoms with E-state index in [0.29, 0.717) is 23.0 Å². The van der Waals surface area contributed by atoms with Gasteiger partial charge in [-0.05, 0) is 50.6 Å². The smallest absolute Gasteiger partial charge is 0.331 e. The lowest BCUT2D eigenvalue weighted by Gasteiger charge is -2.07. The molecule has 2 aromatic heterocycles. The summed E-state index contributed by atoms with van der Waals surface area (Å²) >= 11 is 0. The first-order chi connectivity index (χ1) is 14.4. The number of aryl methyl sites for hydroxylation is 2. The Kier molecular flexibility index (Phi) is 6.36. The topological polar surface area (TPSA) is 95.6 Å². The minimum atomic E-state index is -0.613. The van der Waals surface area contributed by atoms with Crippen molar-refractivity contribution in [2.45, 2.75) is 20.8 Å². The Morgan fingerprint density at radius 1 is 1.20 bits per heavy atom. The van der Waals surface area contributed by atoms with Gasteiger partial charge in [-0.1, -0.05) is 11.2 Å². The van der Waals surface area contributed by atoms with Crippen LogP contribution in [0.2, 0.25) is 0 Å². The minimum Gasteiger partial charge on any atom is -0.497 e. The number of methoxy groups -OCH3 is 1. The van der Waals surface area contributed by atoms with Crippen molar-refractivity contribution in [2.24, 2.45) is 0 Å². The molecule has 0 aliphatic carbocycles. The Labute approximate surface area is 174 Å². The lowest BCUT2D eigenvalue weighted by atomic mass is 10.2. The highest BCUT2D eigenvalue weighted by Gasteiger charge is 2.13. The Morgan fingerprint density at radius 3 is 2.70 bits per heavy atom. The summed E-state index contributed by atoms with van der Waals surface area (Å²) in [5.41, 5.74) is 3.25. The maximum absolute atomic E-state index is 12.0. The van der Waals surface area contributed by atoms with Crippen LogP contribution >= 0.6 is 0 Å². The second kappa shape index (κ2) is 9.13. The quantitative estimate of drug-likeness (QED) is 0.473. The van der Waals surface area contributed by atoms with Gasteiger partial charge < -0.3 is 19.3 Å². The zero-order chi connectivity index (χ0) is 21.7. The molecule has 1 aromatic carbocycles. The summed E-state index contributed by atoms with van der Waals surface area (Å²) in [5, 5.41) is 6.68. The van der Waals surface area contributed by atoms with Crippen molar-refractivity contribution >= 4 is 23.6 Å². The zero-order valence-electron chi connectivity index (χ0n) is 17.3. The number of hydrogen-bond acceptors (Lipinski definition) is 6. The van der Waals surface area contributed by atoms with Crippen LogP contribution in [0.1, 0.15) is 22.7 Å². The van der Waals surface area contributed by atoms with E-state index < -0.39 is 18.5 Å². The SMILES string of the molecule is COc1cccc(NC(=O)COC(=O)/C=C/c2cc(C)n(-c3cc(C)on3)c2C)c1. The van der Waals surface area contributed by atoms with E-state index in [4.69, 9.17) is 14.0 Å². The van der Waals surface area contributed by atoms with Crippen LogP contribution in [0.15, 0.2) is 47.0 Å². The number of hydrogen-bond donors (Lipinski definition) is 1. The Balaban J connectivity index is 1.58. The molecule has 156 valence electrons. The number of benzene rings is 1.